The van der Waals surface area contributed by atoms with Crippen LogP contribution in [0.3, 0.4) is 0 Å². The number of ether oxygens (including phenoxy) is 1. The molecular formula is C14H18Cl2N2OS. The molecule has 0 unspecified atom stereocenters. The van der Waals surface area contributed by atoms with Crippen molar-refractivity contribution < 1.29 is 4.74 Å². The number of hydrogen-bond acceptors (Lipinski definition) is 4. The largest absolute Gasteiger partial charge is 0.490 e. The second-order valence-electron chi connectivity index (χ2n) is 4.49. The van der Waals surface area contributed by atoms with Crippen molar-refractivity contribution in [1.29, 1.82) is 0 Å². The lowest BCUT2D eigenvalue weighted by Crippen LogP contribution is -2.28. The van der Waals surface area contributed by atoms with Gasteiger partial charge in [-0.05, 0) is 36.9 Å². The van der Waals surface area contributed by atoms with Crippen LogP contribution in [-0.2, 0) is 0 Å². The van der Waals surface area contributed by atoms with Crippen LogP contribution in [-0.4, -0.2) is 24.2 Å². The molecule has 0 bridgehead atoms. The van der Waals surface area contributed by atoms with Gasteiger partial charge >= 0.3 is 0 Å². The van der Waals surface area contributed by atoms with E-state index in [0.29, 0.717) is 6.04 Å². The standard InChI is InChI=1S/C14H16N2OS.2ClH/c1-3-12(16-5-1)10-17-13-7-11(8-15-9-13)14-4-2-6-18-14;;/h2,4,6-9,12,16H,1,3,5,10H2;2*1H/t12-;;/m0../s1. The maximum Gasteiger partial charge on any atom is 0.138 e. The molecule has 3 heterocycles. The summed E-state index contributed by atoms with van der Waals surface area (Å²) in [5.41, 5.74) is 1.13. The Balaban J connectivity index is 0.000001000. The fourth-order valence-electron chi connectivity index (χ4n) is 2.17. The Morgan fingerprint density at radius 3 is 2.95 bits per heavy atom. The van der Waals surface area contributed by atoms with Crippen LogP contribution in [0.5, 0.6) is 5.75 Å². The molecule has 6 heteroatoms. The van der Waals surface area contributed by atoms with E-state index in [4.69, 9.17) is 4.74 Å². The highest BCUT2D eigenvalue weighted by Crippen LogP contribution is 2.26. The first-order valence-corrected chi connectivity index (χ1v) is 7.15. The molecule has 1 aliphatic rings. The number of nitrogens with zero attached hydrogens (tertiary/aromatic N) is 1. The van der Waals surface area contributed by atoms with Gasteiger partial charge in [-0.1, -0.05) is 6.07 Å². The van der Waals surface area contributed by atoms with E-state index in [1.54, 1.807) is 17.5 Å². The van der Waals surface area contributed by atoms with Gasteiger partial charge in [0.05, 0.1) is 6.20 Å². The van der Waals surface area contributed by atoms with Gasteiger partial charge in [0.1, 0.15) is 12.4 Å². The summed E-state index contributed by atoms with van der Waals surface area (Å²) in [6, 6.07) is 6.71. The Hall–Kier alpha value is -0.810. The number of pyridine rings is 1. The molecule has 0 aromatic carbocycles. The molecule has 0 radical (unpaired) electrons. The number of rotatable bonds is 4. The number of hydrogen-bond donors (Lipinski definition) is 1. The molecule has 0 amide bonds. The Morgan fingerprint density at radius 2 is 2.25 bits per heavy atom. The van der Waals surface area contributed by atoms with Crippen LogP contribution in [0.2, 0.25) is 0 Å². The van der Waals surface area contributed by atoms with Gasteiger partial charge in [-0.3, -0.25) is 4.98 Å². The molecule has 1 atom stereocenters. The molecule has 0 spiro atoms. The van der Waals surface area contributed by atoms with E-state index in [-0.39, 0.29) is 24.8 Å². The minimum atomic E-state index is 0. The third-order valence-corrected chi connectivity index (χ3v) is 4.05. The fraction of sp³-hybridized carbons (Fsp3) is 0.357. The fourth-order valence-corrected chi connectivity index (χ4v) is 2.88. The summed E-state index contributed by atoms with van der Waals surface area (Å²) >= 11 is 1.72. The molecule has 0 aliphatic carbocycles. The van der Waals surface area contributed by atoms with E-state index in [1.807, 2.05) is 6.20 Å². The van der Waals surface area contributed by atoms with Gasteiger partial charge < -0.3 is 10.1 Å². The van der Waals surface area contributed by atoms with E-state index in [0.717, 1.165) is 24.5 Å². The van der Waals surface area contributed by atoms with E-state index < -0.39 is 0 Å². The van der Waals surface area contributed by atoms with Crippen LogP contribution in [0.4, 0.5) is 0 Å². The molecule has 3 nitrogen and oxygen atoms in total. The molecule has 3 rings (SSSR count). The summed E-state index contributed by atoms with van der Waals surface area (Å²) < 4.78 is 5.81. The first-order chi connectivity index (χ1) is 8.92. The Kier molecular flexibility index (Phi) is 7.30. The summed E-state index contributed by atoms with van der Waals surface area (Å²) in [5, 5.41) is 5.50. The minimum Gasteiger partial charge on any atom is -0.490 e. The van der Waals surface area contributed by atoms with E-state index in [2.05, 4.69) is 33.9 Å². The van der Waals surface area contributed by atoms with Crippen molar-refractivity contribution >= 4 is 36.2 Å². The van der Waals surface area contributed by atoms with Crippen molar-refractivity contribution in [3.8, 4) is 16.2 Å². The van der Waals surface area contributed by atoms with Crippen molar-refractivity contribution in [2.24, 2.45) is 0 Å². The van der Waals surface area contributed by atoms with Crippen LogP contribution >= 0.6 is 36.2 Å². The molecule has 1 N–H and O–H groups in total. The molecule has 1 aliphatic heterocycles. The Labute approximate surface area is 135 Å². The van der Waals surface area contributed by atoms with Crippen LogP contribution < -0.4 is 10.1 Å². The van der Waals surface area contributed by atoms with E-state index in [9.17, 15) is 0 Å². The lowest BCUT2D eigenvalue weighted by Gasteiger charge is -2.12. The molecule has 110 valence electrons. The smallest absolute Gasteiger partial charge is 0.138 e. The molecule has 1 saturated heterocycles. The first-order valence-electron chi connectivity index (χ1n) is 6.27. The van der Waals surface area contributed by atoms with Gasteiger partial charge in [0.25, 0.3) is 0 Å². The summed E-state index contributed by atoms with van der Waals surface area (Å²) in [4.78, 5) is 5.48. The van der Waals surface area contributed by atoms with Crippen molar-refractivity contribution in [2.45, 2.75) is 18.9 Å². The van der Waals surface area contributed by atoms with Gasteiger partial charge in [-0.15, -0.1) is 36.2 Å². The monoisotopic (exact) mass is 332 g/mol. The third kappa shape index (κ3) is 4.35. The highest BCUT2D eigenvalue weighted by Gasteiger charge is 2.14. The summed E-state index contributed by atoms with van der Waals surface area (Å²) in [6.45, 7) is 1.84. The van der Waals surface area contributed by atoms with Gasteiger partial charge in [0.15, 0.2) is 0 Å². The van der Waals surface area contributed by atoms with Crippen LogP contribution in [0.25, 0.3) is 10.4 Å². The zero-order valence-electron chi connectivity index (χ0n) is 11.0. The second-order valence-corrected chi connectivity index (χ2v) is 5.44. The number of halogens is 2. The zero-order chi connectivity index (χ0) is 12.2. The SMILES string of the molecule is Cl.Cl.c1csc(-c2cncc(OC[C@@H]3CCCN3)c2)c1. The average Bonchev–Trinajstić information content (AvgIpc) is 3.10. The van der Waals surface area contributed by atoms with Gasteiger partial charge in [0.2, 0.25) is 0 Å². The molecular weight excluding hydrogens is 315 g/mol. The van der Waals surface area contributed by atoms with Crippen LogP contribution in [0.1, 0.15) is 12.8 Å². The highest BCUT2D eigenvalue weighted by atomic mass is 35.5. The second kappa shape index (κ2) is 8.47. The van der Waals surface area contributed by atoms with Crippen molar-refractivity contribution in [2.75, 3.05) is 13.2 Å². The van der Waals surface area contributed by atoms with E-state index >= 15 is 0 Å². The lowest BCUT2D eigenvalue weighted by molar-refractivity contribution is 0.276. The zero-order valence-corrected chi connectivity index (χ0v) is 13.4. The van der Waals surface area contributed by atoms with Gasteiger partial charge in [-0.2, -0.15) is 0 Å². The quantitative estimate of drug-likeness (QED) is 0.924. The topological polar surface area (TPSA) is 34.1 Å². The van der Waals surface area contributed by atoms with Crippen molar-refractivity contribution in [1.82, 2.24) is 10.3 Å². The van der Waals surface area contributed by atoms with Gasteiger partial charge in [0, 0.05) is 22.7 Å². The first kappa shape index (κ1) is 17.2. The predicted molar refractivity (Wildman–Crippen MR) is 88.6 cm³/mol. The maximum absolute atomic E-state index is 5.81. The molecule has 2 aromatic heterocycles. The Morgan fingerprint density at radius 1 is 1.35 bits per heavy atom. The predicted octanol–water partition coefficient (Wildman–Crippen LogP) is 3.78. The van der Waals surface area contributed by atoms with Gasteiger partial charge in [-0.25, -0.2) is 0 Å². The summed E-state index contributed by atoms with van der Waals surface area (Å²) in [5.74, 6) is 0.856. The van der Waals surface area contributed by atoms with Crippen LogP contribution in [0, 0.1) is 0 Å². The summed E-state index contributed by atoms with van der Waals surface area (Å²) in [7, 11) is 0. The number of thiophene rings is 1. The van der Waals surface area contributed by atoms with Crippen molar-refractivity contribution in [3.63, 3.8) is 0 Å². The minimum absolute atomic E-state index is 0. The average molecular weight is 333 g/mol. The van der Waals surface area contributed by atoms with Crippen molar-refractivity contribution in [3.05, 3.63) is 36.0 Å². The molecule has 2 aromatic rings. The van der Waals surface area contributed by atoms with Crippen LogP contribution in [0.15, 0.2) is 36.0 Å². The molecule has 20 heavy (non-hydrogen) atoms. The number of nitrogens with one attached hydrogen (secondary N) is 1. The third-order valence-electron chi connectivity index (χ3n) is 3.13. The molecule has 1 fully saturated rings. The number of aromatic nitrogens is 1. The Bertz CT molecular complexity index is 502. The molecule has 0 saturated carbocycles. The lowest BCUT2D eigenvalue weighted by atomic mass is 10.2. The van der Waals surface area contributed by atoms with E-state index in [1.165, 1.54) is 17.7 Å². The normalized spacial score (nSPS) is 17.1. The highest BCUT2D eigenvalue weighted by molar-refractivity contribution is 7.13. The summed E-state index contributed by atoms with van der Waals surface area (Å²) in [6.07, 6.45) is 6.12. The maximum atomic E-state index is 5.81.